The highest BCUT2D eigenvalue weighted by Crippen LogP contribution is 2.21. The Morgan fingerprint density at radius 3 is 2.54 bits per heavy atom. The summed E-state index contributed by atoms with van der Waals surface area (Å²) < 4.78 is 7.75. The Morgan fingerprint density at radius 2 is 2.00 bits per heavy atom. The SMILES string of the molecule is Cc1ccc(OC(C)(C)C(=O)N(CCO)Cc2cncn2C)cc1. The zero-order valence-corrected chi connectivity index (χ0v) is 14.7. The van der Waals surface area contributed by atoms with Gasteiger partial charge in [0.1, 0.15) is 5.75 Å². The topological polar surface area (TPSA) is 67.6 Å². The van der Waals surface area contributed by atoms with Crippen molar-refractivity contribution in [2.24, 2.45) is 7.05 Å². The second kappa shape index (κ2) is 7.49. The summed E-state index contributed by atoms with van der Waals surface area (Å²) >= 11 is 0. The molecule has 130 valence electrons. The van der Waals surface area contributed by atoms with Gasteiger partial charge in [0.2, 0.25) is 0 Å². The summed E-state index contributed by atoms with van der Waals surface area (Å²) in [5.41, 5.74) is 0.982. The molecule has 0 unspecified atom stereocenters. The maximum atomic E-state index is 12.9. The maximum absolute atomic E-state index is 12.9. The molecule has 0 saturated heterocycles. The van der Waals surface area contributed by atoms with Crippen molar-refractivity contribution in [1.29, 1.82) is 0 Å². The molecule has 0 saturated carbocycles. The van der Waals surface area contributed by atoms with Crippen LogP contribution in [0.5, 0.6) is 5.75 Å². The van der Waals surface area contributed by atoms with Gasteiger partial charge in [-0.15, -0.1) is 0 Å². The van der Waals surface area contributed by atoms with Crippen LogP contribution in [0.1, 0.15) is 25.1 Å². The molecule has 0 aliphatic rings. The van der Waals surface area contributed by atoms with Crippen molar-refractivity contribution < 1.29 is 14.6 Å². The van der Waals surface area contributed by atoms with Crippen LogP contribution in [0.25, 0.3) is 0 Å². The van der Waals surface area contributed by atoms with Gasteiger partial charge in [0, 0.05) is 19.8 Å². The smallest absolute Gasteiger partial charge is 0.266 e. The molecule has 2 aromatic rings. The molecule has 0 fully saturated rings. The molecule has 24 heavy (non-hydrogen) atoms. The Morgan fingerprint density at radius 1 is 1.33 bits per heavy atom. The molecular formula is C18H25N3O3. The minimum atomic E-state index is -1.04. The molecule has 0 spiro atoms. The van der Waals surface area contributed by atoms with E-state index >= 15 is 0 Å². The molecule has 0 bridgehead atoms. The first-order valence-electron chi connectivity index (χ1n) is 7.94. The molecule has 0 aliphatic carbocycles. The lowest BCUT2D eigenvalue weighted by molar-refractivity contribution is -0.146. The highest BCUT2D eigenvalue weighted by atomic mass is 16.5. The Hall–Kier alpha value is -2.34. The summed E-state index contributed by atoms with van der Waals surface area (Å²) in [6, 6.07) is 7.58. The first-order valence-corrected chi connectivity index (χ1v) is 7.94. The van der Waals surface area contributed by atoms with E-state index in [1.165, 1.54) is 0 Å². The van der Waals surface area contributed by atoms with Crippen molar-refractivity contribution in [3.63, 3.8) is 0 Å². The minimum absolute atomic E-state index is 0.107. The number of ether oxygens (including phenoxy) is 1. The minimum Gasteiger partial charge on any atom is -0.478 e. The second-order valence-corrected chi connectivity index (χ2v) is 6.37. The van der Waals surface area contributed by atoms with Crippen molar-refractivity contribution in [1.82, 2.24) is 14.5 Å². The van der Waals surface area contributed by atoms with E-state index in [4.69, 9.17) is 4.74 Å². The summed E-state index contributed by atoms with van der Waals surface area (Å²) in [6.45, 7) is 5.98. The number of hydrogen-bond acceptors (Lipinski definition) is 4. The first-order chi connectivity index (χ1) is 11.3. The number of aromatic nitrogens is 2. The number of aliphatic hydroxyl groups excluding tert-OH is 1. The Kier molecular flexibility index (Phi) is 5.62. The lowest BCUT2D eigenvalue weighted by atomic mass is 10.1. The van der Waals surface area contributed by atoms with Gasteiger partial charge in [-0.1, -0.05) is 17.7 Å². The van der Waals surface area contributed by atoms with Crippen LogP contribution in [0.4, 0.5) is 0 Å². The van der Waals surface area contributed by atoms with Gasteiger partial charge in [-0.3, -0.25) is 4.79 Å². The van der Waals surface area contributed by atoms with E-state index in [0.717, 1.165) is 11.3 Å². The number of aliphatic hydroxyl groups is 1. The molecule has 0 aliphatic heterocycles. The van der Waals surface area contributed by atoms with Crippen molar-refractivity contribution in [3.05, 3.63) is 48.0 Å². The van der Waals surface area contributed by atoms with E-state index in [0.29, 0.717) is 12.3 Å². The van der Waals surface area contributed by atoms with Crippen LogP contribution in [-0.2, 0) is 18.4 Å². The third-order valence-electron chi connectivity index (χ3n) is 3.84. The Bertz CT molecular complexity index is 677. The molecule has 0 atom stereocenters. The lowest BCUT2D eigenvalue weighted by Gasteiger charge is -2.32. The predicted molar refractivity (Wildman–Crippen MR) is 91.6 cm³/mol. The highest BCUT2D eigenvalue weighted by molar-refractivity contribution is 5.84. The normalized spacial score (nSPS) is 11.4. The standard InChI is InChI=1S/C18H25N3O3/c1-14-5-7-16(8-6-14)24-18(2,3)17(23)21(9-10-22)12-15-11-19-13-20(15)4/h5-8,11,13,22H,9-10,12H2,1-4H3. The molecule has 6 nitrogen and oxygen atoms in total. The molecular weight excluding hydrogens is 306 g/mol. The molecule has 1 N–H and O–H groups in total. The number of carbonyl (C=O) groups excluding carboxylic acids is 1. The van der Waals surface area contributed by atoms with Gasteiger partial charge in [-0.25, -0.2) is 4.98 Å². The zero-order valence-electron chi connectivity index (χ0n) is 14.7. The van der Waals surface area contributed by atoms with Crippen molar-refractivity contribution >= 4 is 5.91 Å². The van der Waals surface area contributed by atoms with Crippen LogP contribution >= 0.6 is 0 Å². The molecule has 0 radical (unpaired) electrons. The van der Waals surface area contributed by atoms with E-state index in [9.17, 15) is 9.90 Å². The second-order valence-electron chi connectivity index (χ2n) is 6.37. The van der Waals surface area contributed by atoms with Crippen LogP contribution in [0.15, 0.2) is 36.8 Å². The fourth-order valence-corrected chi connectivity index (χ4v) is 2.43. The number of amides is 1. The van der Waals surface area contributed by atoms with Crippen LogP contribution in [0.3, 0.4) is 0 Å². The fourth-order valence-electron chi connectivity index (χ4n) is 2.43. The van der Waals surface area contributed by atoms with Crippen molar-refractivity contribution in [3.8, 4) is 5.75 Å². The molecule has 1 aromatic carbocycles. The average Bonchev–Trinajstić information content (AvgIpc) is 2.93. The molecule has 1 amide bonds. The van der Waals surface area contributed by atoms with E-state index in [1.807, 2.05) is 42.8 Å². The number of rotatable bonds is 7. The van der Waals surface area contributed by atoms with Crippen LogP contribution in [0, 0.1) is 6.92 Å². The van der Waals surface area contributed by atoms with Gasteiger partial charge >= 0.3 is 0 Å². The third kappa shape index (κ3) is 4.35. The van der Waals surface area contributed by atoms with Crippen LogP contribution in [-0.4, -0.2) is 44.2 Å². The van der Waals surface area contributed by atoms with E-state index in [-0.39, 0.29) is 19.1 Å². The molecule has 1 heterocycles. The first kappa shape index (κ1) is 18.0. The maximum Gasteiger partial charge on any atom is 0.266 e. The third-order valence-corrected chi connectivity index (χ3v) is 3.84. The molecule has 2 rings (SSSR count). The van der Waals surface area contributed by atoms with Gasteiger partial charge in [0.25, 0.3) is 5.91 Å². The monoisotopic (exact) mass is 331 g/mol. The van der Waals surface area contributed by atoms with E-state index in [2.05, 4.69) is 4.98 Å². The van der Waals surface area contributed by atoms with Gasteiger partial charge in [-0.05, 0) is 32.9 Å². The number of hydrogen-bond donors (Lipinski definition) is 1. The predicted octanol–water partition coefficient (Wildman–Crippen LogP) is 1.91. The number of benzene rings is 1. The Labute approximate surface area is 142 Å². The van der Waals surface area contributed by atoms with Crippen LogP contribution < -0.4 is 4.74 Å². The van der Waals surface area contributed by atoms with Gasteiger partial charge < -0.3 is 19.3 Å². The fraction of sp³-hybridized carbons (Fsp3) is 0.444. The lowest BCUT2D eigenvalue weighted by Crippen LogP contribution is -2.49. The van der Waals surface area contributed by atoms with Gasteiger partial charge in [0.05, 0.1) is 25.2 Å². The zero-order chi connectivity index (χ0) is 17.7. The number of imidazole rings is 1. The van der Waals surface area contributed by atoms with Gasteiger partial charge in [0.15, 0.2) is 5.60 Å². The quantitative estimate of drug-likeness (QED) is 0.841. The van der Waals surface area contributed by atoms with Crippen molar-refractivity contribution in [2.45, 2.75) is 32.9 Å². The van der Waals surface area contributed by atoms with E-state index < -0.39 is 5.60 Å². The molecule has 1 aromatic heterocycles. The number of nitrogens with zero attached hydrogens (tertiary/aromatic N) is 3. The number of aryl methyl sites for hydroxylation is 2. The summed E-state index contributed by atoms with van der Waals surface area (Å²) in [5, 5.41) is 9.31. The van der Waals surface area contributed by atoms with Crippen LogP contribution in [0.2, 0.25) is 0 Å². The number of carbonyl (C=O) groups is 1. The largest absolute Gasteiger partial charge is 0.478 e. The Balaban J connectivity index is 2.14. The van der Waals surface area contributed by atoms with E-state index in [1.54, 1.807) is 31.3 Å². The van der Waals surface area contributed by atoms with Gasteiger partial charge in [-0.2, -0.15) is 0 Å². The summed E-state index contributed by atoms with van der Waals surface area (Å²) in [5.74, 6) is 0.460. The summed E-state index contributed by atoms with van der Waals surface area (Å²) in [6.07, 6.45) is 3.40. The average molecular weight is 331 g/mol. The van der Waals surface area contributed by atoms with Crippen molar-refractivity contribution in [2.75, 3.05) is 13.2 Å². The summed E-state index contributed by atoms with van der Waals surface area (Å²) in [7, 11) is 1.87. The summed E-state index contributed by atoms with van der Waals surface area (Å²) in [4.78, 5) is 18.6. The molecule has 6 heteroatoms. The highest BCUT2D eigenvalue weighted by Gasteiger charge is 2.34.